The summed E-state index contributed by atoms with van der Waals surface area (Å²) < 4.78 is 5.54. The number of ether oxygens (including phenoxy) is 1. The van der Waals surface area contributed by atoms with Crippen molar-refractivity contribution in [2.45, 2.75) is 39.2 Å². The minimum Gasteiger partial charge on any atom is -0.494 e. The van der Waals surface area contributed by atoms with E-state index in [2.05, 4.69) is 41.4 Å². The van der Waals surface area contributed by atoms with Crippen molar-refractivity contribution < 1.29 is 4.74 Å². The monoisotopic (exact) mass is 276 g/mol. The van der Waals surface area contributed by atoms with Crippen LogP contribution in [-0.4, -0.2) is 37.7 Å². The van der Waals surface area contributed by atoms with E-state index >= 15 is 0 Å². The first kappa shape index (κ1) is 15.3. The summed E-state index contributed by atoms with van der Waals surface area (Å²) in [4.78, 5) is 2.63. The van der Waals surface area contributed by atoms with Crippen LogP contribution in [0.25, 0.3) is 0 Å². The van der Waals surface area contributed by atoms with Crippen molar-refractivity contribution in [3.8, 4) is 5.75 Å². The third-order valence-electron chi connectivity index (χ3n) is 4.00. The predicted molar refractivity (Wildman–Crippen MR) is 84.3 cm³/mol. The summed E-state index contributed by atoms with van der Waals surface area (Å²) in [6, 6.07) is 9.27. The fourth-order valence-electron chi connectivity index (χ4n) is 2.90. The topological polar surface area (TPSA) is 24.5 Å². The molecule has 0 aromatic heterocycles. The summed E-state index contributed by atoms with van der Waals surface area (Å²) in [5.41, 5.74) is 1.43. The fourth-order valence-corrected chi connectivity index (χ4v) is 2.90. The van der Waals surface area contributed by atoms with E-state index in [0.29, 0.717) is 6.04 Å². The summed E-state index contributed by atoms with van der Waals surface area (Å²) in [5.74, 6) is 0.978. The molecule has 0 unspecified atom stereocenters. The highest BCUT2D eigenvalue weighted by molar-refractivity contribution is 5.29. The lowest BCUT2D eigenvalue weighted by Crippen LogP contribution is -2.45. The van der Waals surface area contributed by atoms with Gasteiger partial charge in [0.1, 0.15) is 5.75 Å². The van der Waals surface area contributed by atoms with Gasteiger partial charge in [0.2, 0.25) is 0 Å². The third-order valence-corrected chi connectivity index (χ3v) is 4.00. The van der Waals surface area contributed by atoms with Crippen LogP contribution in [0.1, 0.15) is 44.7 Å². The Morgan fingerprint density at radius 2 is 1.85 bits per heavy atom. The molecule has 1 aliphatic rings. The Kier molecular flexibility index (Phi) is 6.34. The largest absolute Gasteiger partial charge is 0.494 e. The summed E-state index contributed by atoms with van der Waals surface area (Å²) in [7, 11) is 0. The molecule has 1 aliphatic heterocycles. The van der Waals surface area contributed by atoms with Crippen LogP contribution in [0.4, 0.5) is 0 Å². The van der Waals surface area contributed by atoms with E-state index in [1.54, 1.807) is 0 Å². The smallest absolute Gasteiger partial charge is 0.119 e. The van der Waals surface area contributed by atoms with Crippen molar-refractivity contribution in [2.75, 3.05) is 32.8 Å². The third kappa shape index (κ3) is 4.22. The molecule has 3 nitrogen and oxygen atoms in total. The van der Waals surface area contributed by atoms with Crippen LogP contribution >= 0.6 is 0 Å². The number of hydrogen-bond acceptors (Lipinski definition) is 3. The number of rotatable bonds is 7. The fraction of sp³-hybridized carbons (Fsp3) is 0.647. The van der Waals surface area contributed by atoms with Gasteiger partial charge in [-0.1, -0.05) is 31.9 Å². The molecule has 1 aromatic carbocycles. The number of benzene rings is 1. The van der Waals surface area contributed by atoms with E-state index in [1.807, 2.05) is 6.92 Å². The summed E-state index contributed by atoms with van der Waals surface area (Å²) in [5, 5.41) is 3.44. The van der Waals surface area contributed by atoms with Crippen LogP contribution in [0.5, 0.6) is 5.75 Å². The van der Waals surface area contributed by atoms with Crippen LogP contribution in [0, 0.1) is 0 Å². The highest BCUT2D eigenvalue weighted by atomic mass is 16.5. The standard InChI is InChI=1S/C17H28N2O/c1-3-5-6-17(19-13-11-18-12-14-19)15-7-9-16(10-8-15)20-4-2/h7-10,17-18H,3-6,11-14H2,1-2H3/t17-/m1/s1. The van der Waals surface area contributed by atoms with Crippen molar-refractivity contribution in [2.24, 2.45) is 0 Å². The first-order valence-corrected chi connectivity index (χ1v) is 8.02. The van der Waals surface area contributed by atoms with E-state index < -0.39 is 0 Å². The normalized spacial score (nSPS) is 17.9. The van der Waals surface area contributed by atoms with Gasteiger partial charge in [-0.3, -0.25) is 4.90 Å². The van der Waals surface area contributed by atoms with Gasteiger partial charge in [0, 0.05) is 32.2 Å². The van der Waals surface area contributed by atoms with Crippen molar-refractivity contribution in [1.29, 1.82) is 0 Å². The molecule has 1 fully saturated rings. The Morgan fingerprint density at radius 3 is 2.45 bits per heavy atom. The molecule has 2 rings (SSSR count). The van der Waals surface area contributed by atoms with Crippen molar-refractivity contribution in [3.05, 3.63) is 29.8 Å². The van der Waals surface area contributed by atoms with E-state index in [4.69, 9.17) is 4.74 Å². The molecule has 20 heavy (non-hydrogen) atoms. The lowest BCUT2D eigenvalue weighted by Gasteiger charge is -2.35. The number of nitrogens with zero attached hydrogens (tertiary/aromatic N) is 1. The Morgan fingerprint density at radius 1 is 1.15 bits per heavy atom. The van der Waals surface area contributed by atoms with E-state index in [1.165, 1.54) is 24.8 Å². The molecule has 0 radical (unpaired) electrons. The van der Waals surface area contributed by atoms with Crippen LogP contribution in [-0.2, 0) is 0 Å². The molecule has 1 saturated heterocycles. The first-order valence-electron chi connectivity index (χ1n) is 8.02. The molecule has 0 bridgehead atoms. The van der Waals surface area contributed by atoms with Crippen molar-refractivity contribution in [3.63, 3.8) is 0 Å². The zero-order chi connectivity index (χ0) is 14.2. The van der Waals surface area contributed by atoms with E-state index in [0.717, 1.165) is 38.5 Å². The Bertz CT molecular complexity index is 371. The van der Waals surface area contributed by atoms with Gasteiger partial charge >= 0.3 is 0 Å². The van der Waals surface area contributed by atoms with Gasteiger partial charge in [0.25, 0.3) is 0 Å². The first-order chi connectivity index (χ1) is 9.85. The van der Waals surface area contributed by atoms with Crippen LogP contribution < -0.4 is 10.1 Å². The van der Waals surface area contributed by atoms with Gasteiger partial charge in [-0.2, -0.15) is 0 Å². The number of nitrogens with one attached hydrogen (secondary N) is 1. The minimum atomic E-state index is 0.563. The second-order valence-electron chi connectivity index (χ2n) is 5.45. The molecule has 0 aliphatic carbocycles. The molecular weight excluding hydrogens is 248 g/mol. The SMILES string of the molecule is CCCC[C@H](c1ccc(OCC)cc1)N1CCNCC1. The van der Waals surface area contributed by atoms with Crippen LogP contribution in [0.2, 0.25) is 0 Å². The highest BCUT2D eigenvalue weighted by Gasteiger charge is 2.21. The predicted octanol–water partition coefficient (Wildman–Crippen LogP) is 3.22. The summed E-state index contributed by atoms with van der Waals surface area (Å²) in [6.45, 7) is 9.56. The molecular formula is C17H28N2O. The zero-order valence-electron chi connectivity index (χ0n) is 12.9. The molecule has 0 saturated carbocycles. The van der Waals surface area contributed by atoms with Crippen molar-refractivity contribution >= 4 is 0 Å². The Balaban J connectivity index is 2.07. The van der Waals surface area contributed by atoms with Gasteiger partial charge in [-0.25, -0.2) is 0 Å². The van der Waals surface area contributed by atoms with Gasteiger partial charge in [-0.05, 0) is 31.0 Å². The quantitative estimate of drug-likeness (QED) is 0.827. The average molecular weight is 276 g/mol. The van der Waals surface area contributed by atoms with Gasteiger partial charge in [0.15, 0.2) is 0 Å². The number of unbranched alkanes of at least 4 members (excludes halogenated alkanes) is 1. The molecule has 1 heterocycles. The van der Waals surface area contributed by atoms with Crippen molar-refractivity contribution in [1.82, 2.24) is 10.2 Å². The minimum absolute atomic E-state index is 0.563. The molecule has 1 atom stereocenters. The second-order valence-corrected chi connectivity index (χ2v) is 5.45. The van der Waals surface area contributed by atoms with Gasteiger partial charge in [-0.15, -0.1) is 0 Å². The maximum atomic E-state index is 5.54. The van der Waals surface area contributed by atoms with Gasteiger partial charge in [0.05, 0.1) is 6.61 Å². The van der Waals surface area contributed by atoms with E-state index in [9.17, 15) is 0 Å². The maximum Gasteiger partial charge on any atom is 0.119 e. The number of piperazine rings is 1. The molecule has 1 N–H and O–H groups in total. The Labute approximate surface area is 123 Å². The van der Waals surface area contributed by atoms with E-state index in [-0.39, 0.29) is 0 Å². The summed E-state index contributed by atoms with van der Waals surface area (Å²) >= 11 is 0. The van der Waals surface area contributed by atoms with Crippen LogP contribution in [0.15, 0.2) is 24.3 Å². The molecule has 0 spiro atoms. The lowest BCUT2D eigenvalue weighted by molar-refractivity contribution is 0.163. The molecule has 112 valence electrons. The maximum absolute atomic E-state index is 5.54. The average Bonchev–Trinajstić information content (AvgIpc) is 2.51. The molecule has 0 amide bonds. The van der Waals surface area contributed by atoms with Crippen LogP contribution in [0.3, 0.4) is 0 Å². The molecule has 1 aromatic rings. The second kappa shape index (κ2) is 8.28. The van der Waals surface area contributed by atoms with Gasteiger partial charge < -0.3 is 10.1 Å². The lowest BCUT2D eigenvalue weighted by atomic mass is 9.98. The highest BCUT2D eigenvalue weighted by Crippen LogP contribution is 2.28. The molecule has 3 heteroatoms. The number of hydrogen-bond donors (Lipinski definition) is 1. The Hall–Kier alpha value is -1.06. The zero-order valence-corrected chi connectivity index (χ0v) is 12.9. The summed E-state index contributed by atoms with van der Waals surface area (Å²) in [6.07, 6.45) is 3.81.